The van der Waals surface area contributed by atoms with Crippen LogP contribution in [0.4, 0.5) is 0 Å². The minimum Gasteiger partial charge on any atom is -0.308 e. The highest BCUT2D eigenvalue weighted by atomic mass is 32.2. The summed E-state index contributed by atoms with van der Waals surface area (Å²) in [6.07, 6.45) is 2.30. The molecule has 3 aromatic heterocycles. The number of hydrogen-bond acceptors (Lipinski definition) is 2. The molecule has 8 aromatic rings. The van der Waals surface area contributed by atoms with E-state index in [1.165, 1.54) is 49.6 Å². The zero-order valence-corrected chi connectivity index (χ0v) is 24.2. The van der Waals surface area contributed by atoms with Crippen LogP contribution < -0.4 is 0 Å². The van der Waals surface area contributed by atoms with Crippen molar-refractivity contribution in [3.8, 4) is 28.2 Å². The van der Waals surface area contributed by atoms with Crippen LogP contribution in [0.3, 0.4) is 0 Å². The van der Waals surface area contributed by atoms with Gasteiger partial charge >= 0.3 is 0 Å². The molecule has 0 bridgehead atoms. The Bertz CT molecular complexity index is 2340. The molecule has 0 atom stereocenters. The van der Waals surface area contributed by atoms with Gasteiger partial charge < -0.3 is 4.40 Å². The van der Waals surface area contributed by atoms with Gasteiger partial charge in [-0.05, 0) is 90.4 Å². The van der Waals surface area contributed by atoms with Crippen molar-refractivity contribution in [3.63, 3.8) is 0 Å². The van der Waals surface area contributed by atoms with Crippen molar-refractivity contribution >= 4 is 56.1 Å². The first-order chi connectivity index (χ1) is 20.6. The van der Waals surface area contributed by atoms with Crippen LogP contribution in [0.25, 0.3) is 72.5 Å². The Morgan fingerprint density at radius 2 is 1.43 bits per heavy atom. The molecule has 1 aliphatic heterocycles. The number of fused-ring (bicyclic) bond motifs is 6. The Balaban J connectivity index is 1.24. The molecule has 42 heavy (non-hydrogen) atoms. The van der Waals surface area contributed by atoms with Gasteiger partial charge in [-0.15, -0.1) is 11.8 Å². The van der Waals surface area contributed by atoms with Crippen molar-refractivity contribution < 1.29 is 0 Å². The summed E-state index contributed by atoms with van der Waals surface area (Å²) in [7, 11) is 0. The fourth-order valence-electron chi connectivity index (χ4n) is 6.90. The lowest BCUT2D eigenvalue weighted by molar-refractivity contribution is 0.788. The smallest absolute Gasteiger partial charge is 0.145 e. The Hall–Kier alpha value is -4.80. The van der Waals surface area contributed by atoms with E-state index < -0.39 is 0 Å². The lowest BCUT2D eigenvalue weighted by Gasteiger charge is -2.26. The van der Waals surface area contributed by atoms with Gasteiger partial charge in [0, 0.05) is 32.3 Å². The van der Waals surface area contributed by atoms with Crippen LogP contribution in [0.2, 0.25) is 0 Å². The van der Waals surface area contributed by atoms with E-state index in [9.17, 15) is 0 Å². The van der Waals surface area contributed by atoms with Crippen LogP contribution in [0.5, 0.6) is 0 Å². The third-order valence-electron chi connectivity index (χ3n) is 8.75. The van der Waals surface area contributed by atoms with Gasteiger partial charge in [-0.1, -0.05) is 66.7 Å². The van der Waals surface area contributed by atoms with Gasteiger partial charge in [0.05, 0.1) is 27.8 Å². The summed E-state index contributed by atoms with van der Waals surface area (Å²) in [5.41, 5.74) is 12.1. The molecule has 200 valence electrons. The van der Waals surface area contributed by atoms with Crippen LogP contribution in [0.15, 0.2) is 121 Å². The molecule has 0 aliphatic carbocycles. The molecule has 0 saturated carbocycles. The predicted molar refractivity (Wildman–Crippen MR) is 179 cm³/mol. The topological polar surface area (TPSA) is 22.2 Å². The first-order valence-electron chi connectivity index (χ1n) is 14.4. The molecule has 0 radical (unpaired) electrons. The van der Waals surface area contributed by atoms with Crippen molar-refractivity contribution in [2.75, 3.05) is 0 Å². The quantitative estimate of drug-likeness (QED) is 0.216. The number of benzene rings is 4. The van der Waals surface area contributed by atoms with Gasteiger partial charge in [0.2, 0.25) is 0 Å². The zero-order valence-electron chi connectivity index (χ0n) is 23.4. The van der Waals surface area contributed by atoms with Gasteiger partial charge in [0.25, 0.3) is 0 Å². The maximum absolute atomic E-state index is 5.07. The second-order valence-corrected chi connectivity index (χ2v) is 13.2. The number of thioether (sulfide) groups is 1. The van der Waals surface area contributed by atoms with Gasteiger partial charge in [0.1, 0.15) is 5.82 Å². The molecule has 4 heteroatoms. The molecule has 4 heterocycles. The van der Waals surface area contributed by atoms with Crippen LogP contribution in [0, 0.1) is 0 Å². The number of rotatable bonds is 3. The van der Waals surface area contributed by atoms with Crippen molar-refractivity contribution in [3.05, 3.63) is 132 Å². The second kappa shape index (κ2) is 8.60. The SMILES string of the molecule is CC1(C)SC=Cc2c1c1cc(-c3ccc(-c4nc5ccccc5n4-c4ccccc4)cc3)cc3cc4cccc4n2c31. The summed E-state index contributed by atoms with van der Waals surface area (Å²) in [5, 5.41) is 6.16. The number of pyridine rings is 1. The summed E-state index contributed by atoms with van der Waals surface area (Å²) >= 11 is 1.90. The lowest BCUT2D eigenvalue weighted by Crippen LogP contribution is -2.14. The number of nitrogens with zero attached hydrogens (tertiary/aromatic N) is 3. The van der Waals surface area contributed by atoms with E-state index in [-0.39, 0.29) is 4.75 Å². The molecule has 5 aromatic carbocycles. The van der Waals surface area contributed by atoms with Gasteiger partial charge in [-0.2, -0.15) is 0 Å². The molecule has 0 fully saturated rings. The van der Waals surface area contributed by atoms with E-state index in [1.807, 2.05) is 11.8 Å². The van der Waals surface area contributed by atoms with Crippen LogP contribution in [-0.2, 0) is 4.75 Å². The molecule has 9 rings (SSSR count). The Morgan fingerprint density at radius 1 is 0.667 bits per heavy atom. The lowest BCUT2D eigenvalue weighted by atomic mass is 9.94. The molecule has 0 spiro atoms. The standard InChI is InChI=1S/C38H27N3S/c1-38(2)35-30-23-27(22-28-21-26-9-8-14-32(26)41(36(28)30)34(35)19-20-42-38)24-15-17-25(18-16-24)37-39-31-12-6-7-13-33(31)40(37)29-10-4-3-5-11-29/h3-23H,1-2H3. The third kappa shape index (κ3) is 3.33. The van der Waals surface area contributed by atoms with Crippen LogP contribution >= 0.6 is 11.8 Å². The molecule has 0 saturated heterocycles. The monoisotopic (exact) mass is 557 g/mol. The van der Waals surface area contributed by atoms with Crippen molar-refractivity contribution in [2.45, 2.75) is 18.6 Å². The Morgan fingerprint density at radius 3 is 2.29 bits per heavy atom. The largest absolute Gasteiger partial charge is 0.308 e. The summed E-state index contributed by atoms with van der Waals surface area (Å²) < 4.78 is 4.73. The minimum atomic E-state index is -0.0129. The molecule has 0 unspecified atom stereocenters. The number of imidazole rings is 1. The highest BCUT2D eigenvalue weighted by Crippen LogP contribution is 2.49. The maximum Gasteiger partial charge on any atom is 0.145 e. The van der Waals surface area contributed by atoms with Crippen molar-refractivity contribution in [1.29, 1.82) is 0 Å². The van der Waals surface area contributed by atoms with E-state index in [0.717, 1.165) is 28.1 Å². The predicted octanol–water partition coefficient (Wildman–Crippen LogP) is 10.3. The Labute approximate surface area is 248 Å². The summed E-state index contributed by atoms with van der Waals surface area (Å²) in [5.74, 6) is 0.952. The Kier molecular flexibility index (Phi) is 4.89. The molecular weight excluding hydrogens is 531 g/mol. The van der Waals surface area contributed by atoms with E-state index in [2.05, 4.69) is 150 Å². The minimum absolute atomic E-state index is 0.0129. The number of hydrogen-bond donors (Lipinski definition) is 0. The summed E-state index contributed by atoms with van der Waals surface area (Å²) in [4.78, 5) is 5.07. The van der Waals surface area contributed by atoms with Gasteiger partial charge in [0.15, 0.2) is 0 Å². The molecule has 1 aliphatic rings. The molecule has 0 N–H and O–H groups in total. The van der Waals surface area contributed by atoms with Gasteiger partial charge in [-0.25, -0.2) is 4.98 Å². The fourth-order valence-corrected chi connectivity index (χ4v) is 7.77. The normalized spacial score (nSPS) is 14.4. The number of aromatic nitrogens is 3. The molecular formula is C38H27N3S. The first-order valence-corrected chi connectivity index (χ1v) is 15.3. The summed E-state index contributed by atoms with van der Waals surface area (Å²) in [6.45, 7) is 4.69. The van der Waals surface area contributed by atoms with E-state index in [1.54, 1.807) is 0 Å². The molecule has 3 nitrogen and oxygen atoms in total. The van der Waals surface area contributed by atoms with E-state index in [0.29, 0.717) is 0 Å². The maximum atomic E-state index is 5.07. The highest BCUT2D eigenvalue weighted by Gasteiger charge is 2.32. The van der Waals surface area contributed by atoms with Crippen molar-refractivity contribution in [1.82, 2.24) is 14.0 Å². The van der Waals surface area contributed by atoms with E-state index in [4.69, 9.17) is 4.98 Å². The van der Waals surface area contributed by atoms with Crippen LogP contribution in [0.1, 0.15) is 25.1 Å². The van der Waals surface area contributed by atoms with Gasteiger partial charge in [-0.3, -0.25) is 4.57 Å². The summed E-state index contributed by atoms with van der Waals surface area (Å²) in [6, 6.07) is 41.5. The molecule has 0 amide bonds. The third-order valence-corrected chi connectivity index (χ3v) is 9.81. The van der Waals surface area contributed by atoms with E-state index >= 15 is 0 Å². The second-order valence-electron chi connectivity index (χ2n) is 11.7. The average Bonchev–Trinajstić information content (AvgIpc) is 3.72. The van der Waals surface area contributed by atoms with Crippen LogP contribution in [-0.4, -0.2) is 14.0 Å². The first kappa shape index (κ1) is 23.9. The average molecular weight is 558 g/mol. The van der Waals surface area contributed by atoms with Crippen molar-refractivity contribution in [2.24, 2.45) is 0 Å². The zero-order chi connectivity index (χ0) is 28.0. The fraction of sp³-hybridized carbons (Fsp3) is 0.0789. The number of para-hydroxylation sites is 3. The highest BCUT2D eigenvalue weighted by molar-refractivity contribution is 8.03.